The zero-order valence-corrected chi connectivity index (χ0v) is 10.3. The highest BCUT2D eigenvalue weighted by Gasteiger charge is 2.26. The molecule has 1 rings (SSSR count). The van der Waals surface area contributed by atoms with Crippen LogP contribution in [0.2, 0.25) is 0 Å². The highest BCUT2D eigenvalue weighted by atomic mass is 16.2. The Balaban J connectivity index is 2.30. The minimum Gasteiger partial charge on any atom is -0.342 e. The fourth-order valence-electron chi connectivity index (χ4n) is 2.18. The Hall–Kier alpha value is -0.530. The van der Waals surface area contributed by atoms with Gasteiger partial charge in [0.25, 0.3) is 0 Å². The summed E-state index contributed by atoms with van der Waals surface area (Å²) >= 11 is 0. The SMILES string of the molecule is CCCCC[C@@H](CCC)C(=O)N1CCC1. The van der Waals surface area contributed by atoms with Crippen LogP contribution in [0.5, 0.6) is 0 Å². The second kappa shape index (κ2) is 6.86. The lowest BCUT2D eigenvalue weighted by atomic mass is 9.94. The fourth-order valence-corrected chi connectivity index (χ4v) is 2.18. The van der Waals surface area contributed by atoms with Gasteiger partial charge in [-0.15, -0.1) is 0 Å². The molecule has 0 bridgehead atoms. The van der Waals surface area contributed by atoms with Gasteiger partial charge in [0.05, 0.1) is 0 Å². The summed E-state index contributed by atoms with van der Waals surface area (Å²) in [6.07, 6.45) is 8.27. The molecular weight excluding hydrogens is 186 g/mol. The molecule has 15 heavy (non-hydrogen) atoms. The molecule has 0 radical (unpaired) electrons. The van der Waals surface area contributed by atoms with Crippen LogP contribution in [0, 0.1) is 5.92 Å². The summed E-state index contributed by atoms with van der Waals surface area (Å²) in [6, 6.07) is 0. The van der Waals surface area contributed by atoms with E-state index in [-0.39, 0.29) is 0 Å². The summed E-state index contributed by atoms with van der Waals surface area (Å²) < 4.78 is 0. The summed E-state index contributed by atoms with van der Waals surface area (Å²) in [5.41, 5.74) is 0. The lowest BCUT2D eigenvalue weighted by Gasteiger charge is -2.34. The molecule has 1 saturated heterocycles. The van der Waals surface area contributed by atoms with Crippen LogP contribution < -0.4 is 0 Å². The van der Waals surface area contributed by atoms with Crippen molar-refractivity contribution < 1.29 is 4.79 Å². The Morgan fingerprint density at radius 3 is 2.33 bits per heavy atom. The average molecular weight is 211 g/mol. The molecule has 88 valence electrons. The molecule has 2 heteroatoms. The van der Waals surface area contributed by atoms with Gasteiger partial charge in [-0.25, -0.2) is 0 Å². The minimum atomic E-state index is 0.321. The van der Waals surface area contributed by atoms with Crippen LogP contribution in [0.3, 0.4) is 0 Å². The van der Waals surface area contributed by atoms with Crippen LogP contribution in [0.25, 0.3) is 0 Å². The topological polar surface area (TPSA) is 20.3 Å². The zero-order valence-electron chi connectivity index (χ0n) is 10.3. The first kappa shape index (κ1) is 12.5. The third-order valence-corrected chi connectivity index (χ3v) is 3.31. The van der Waals surface area contributed by atoms with Crippen molar-refractivity contribution in [3.8, 4) is 0 Å². The van der Waals surface area contributed by atoms with Crippen molar-refractivity contribution in [3.05, 3.63) is 0 Å². The van der Waals surface area contributed by atoms with Crippen molar-refractivity contribution in [2.45, 2.75) is 58.8 Å². The van der Waals surface area contributed by atoms with E-state index < -0.39 is 0 Å². The van der Waals surface area contributed by atoms with Gasteiger partial charge >= 0.3 is 0 Å². The predicted octanol–water partition coefficient (Wildman–Crippen LogP) is 3.22. The fraction of sp³-hybridized carbons (Fsp3) is 0.923. The first-order valence-electron chi connectivity index (χ1n) is 6.58. The molecule has 0 saturated carbocycles. The lowest BCUT2D eigenvalue weighted by molar-refractivity contribution is -0.139. The number of rotatable bonds is 7. The first-order valence-corrected chi connectivity index (χ1v) is 6.58. The summed E-state index contributed by atoms with van der Waals surface area (Å²) in [4.78, 5) is 14.1. The molecule has 0 aromatic carbocycles. The predicted molar refractivity (Wildman–Crippen MR) is 63.7 cm³/mol. The van der Waals surface area contributed by atoms with Crippen LogP contribution in [0.15, 0.2) is 0 Å². The highest BCUT2D eigenvalue weighted by Crippen LogP contribution is 2.21. The van der Waals surface area contributed by atoms with Gasteiger partial charge in [0, 0.05) is 19.0 Å². The van der Waals surface area contributed by atoms with E-state index in [4.69, 9.17) is 0 Å². The molecule has 0 N–H and O–H groups in total. The standard InChI is InChI=1S/C13H25NO/c1-3-5-6-9-12(8-4-2)13(15)14-10-7-11-14/h12H,3-11H2,1-2H3/t12-/m1/s1. The zero-order chi connectivity index (χ0) is 11.1. The first-order chi connectivity index (χ1) is 7.29. The number of hydrogen-bond donors (Lipinski definition) is 0. The summed E-state index contributed by atoms with van der Waals surface area (Å²) in [6.45, 7) is 6.40. The Kier molecular flexibility index (Phi) is 5.74. The van der Waals surface area contributed by atoms with Crippen molar-refractivity contribution in [2.24, 2.45) is 5.92 Å². The van der Waals surface area contributed by atoms with E-state index in [0.717, 1.165) is 32.4 Å². The van der Waals surface area contributed by atoms with E-state index in [9.17, 15) is 4.79 Å². The van der Waals surface area contributed by atoms with Crippen molar-refractivity contribution >= 4 is 5.91 Å². The van der Waals surface area contributed by atoms with E-state index >= 15 is 0 Å². The van der Waals surface area contributed by atoms with Crippen molar-refractivity contribution in [1.82, 2.24) is 4.90 Å². The molecule has 0 aliphatic carbocycles. The number of carbonyl (C=O) groups excluding carboxylic acids is 1. The highest BCUT2D eigenvalue weighted by molar-refractivity contribution is 5.79. The van der Waals surface area contributed by atoms with Crippen LogP contribution in [0.1, 0.15) is 58.8 Å². The van der Waals surface area contributed by atoms with Gasteiger partial charge in [-0.1, -0.05) is 39.5 Å². The molecule has 1 fully saturated rings. The van der Waals surface area contributed by atoms with Gasteiger partial charge in [-0.05, 0) is 19.3 Å². The Morgan fingerprint density at radius 1 is 1.13 bits per heavy atom. The van der Waals surface area contributed by atoms with Crippen LogP contribution in [-0.4, -0.2) is 23.9 Å². The van der Waals surface area contributed by atoms with Crippen LogP contribution >= 0.6 is 0 Å². The molecule has 1 aliphatic rings. The number of hydrogen-bond acceptors (Lipinski definition) is 1. The van der Waals surface area contributed by atoms with Crippen molar-refractivity contribution in [3.63, 3.8) is 0 Å². The van der Waals surface area contributed by atoms with Gasteiger partial charge in [0.15, 0.2) is 0 Å². The molecule has 0 aromatic heterocycles. The quantitative estimate of drug-likeness (QED) is 0.592. The normalized spacial score (nSPS) is 17.3. The van der Waals surface area contributed by atoms with E-state index in [1.165, 1.54) is 25.7 Å². The summed E-state index contributed by atoms with van der Waals surface area (Å²) in [5, 5.41) is 0. The number of likely N-dealkylation sites (tertiary alicyclic amines) is 1. The summed E-state index contributed by atoms with van der Waals surface area (Å²) in [7, 11) is 0. The molecular formula is C13H25NO. The van der Waals surface area contributed by atoms with E-state index in [1.807, 2.05) is 4.90 Å². The third-order valence-electron chi connectivity index (χ3n) is 3.31. The van der Waals surface area contributed by atoms with Crippen LogP contribution in [0.4, 0.5) is 0 Å². The Morgan fingerprint density at radius 2 is 1.87 bits per heavy atom. The summed E-state index contributed by atoms with van der Waals surface area (Å²) in [5.74, 6) is 0.751. The maximum absolute atomic E-state index is 12.0. The van der Waals surface area contributed by atoms with E-state index in [1.54, 1.807) is 0 Å². The minimum absolute atomic E-state index is 0.321. The number of nitrogens with zero attached hydrogens (tertiary/aromatic N) is 1. The molecule has 0 aromatic rings. The molecule has 0 unspecified atom stereocenters. The van der Waals surface area contributed by atoms with E-state index in [2.05, 4.69) is 13.8 Å². The van der Waals surface area contributed by atoms with Gasteiger partial charge in [0.1, 0.15) is 0 Å². The van der Waals surface area contributed by atoms with Crippen LogP contribution in [-0.2, 0) is 4.79 Å². The largest absolute Gasteiger partial charge is 0.342 e. The molecule has 2 nitrogen and oxygen atoms in total. The number of amides is 1. The molecule has 1 atom stereocenters. The van der Waals surface area contributed by atoms with E-state index in [0.29, 0.717) is 11.8 Å². The monoisotopic (exact) mass is 211 g/mol. The van der Waals surface area contributed by atoms with Gasteiger partial charge in [-0.3, -0.25) is 4.79 Å². The van der Waals surface area contributed by atoms with Gasteiger partial charge in [0.2, 0.25) is 5.91 Å². The third kappa shape index (κ3) is 3.84. The Labute approximate surface area is 94.0 Å². The van der Waals surface area contributed by atoms with Crippen molar-refractivity contribution in [2.75, 3.05) is 13.1 Å². The molecule has 1 amide bonds. The number of unbranched alkanes of at least 4 members (excludes halogenated alkanes) is 2. The second-order valence-electron chi connectivity index (χ2n) is 4.66. The second-order valence-corrected chi connectivity index (χ2v) is 4.66. The maximum atomic E-state index is 12.0. The number of carbonyl (C=O) groups is 1. The van der Waals surface area contributed by atoms with Gasteiger partial charge in [-0.2, -0.15) is 0 Å². The van der Waals surface area contributed by atoms with Crippen molar-refractivity contribution in [1.29, 1.82) is 0 Å². The average Bonchev–Trinajstić information content (AvgIpc) is 2.14. The van der Waals surface area contributed by atoms with Gasteiger partial charge < -0.3 is 4.90 Å². The molecule has 0 spiro atoms. The lowest BCUT2D eigenvalue weighted by Crippen LogP contribution is -2.45. The smallest absolute Gasteiger partial charge is 0.225 e. The maximum Gasteiger partial charge on any atom is 0.225 e. The molecule has 1 aliphatic heterocycles. The molecule has 1 heterocycles. The Bertz CT molecular complexity index is 187.